The molecule has 3 aromatic carbocycles. The molecule has 0 atom stereocenters. The van der Waals surface area contributed by atoms with Crippen molar-refractivity contribution in [3.8, 4) is 5.75 Å². The van der Waals surface area contributed by atoms with Gasteiger partial charge in [0.05, 0.1) is 5.56 Å². The summed E-state index contributed by atoms with van der Waals surface area (Å²) in [5.41, 5.74) is 2.75. The largest absolute Gasteiger partial charge is 0.488 e. The fraction of sp³-hybridized carbons (Fsp3) is 0.167. The second kappa shape index (κ2) is 9.01. The minimum absolute atomic E-state index is 0.0542. The number of ether oxygens (including phenoxy) is 1. The zero-order valence-corrected chi connectivity index (χ0v) is 17.0. The number of rotatable bonds is 7. The molecule has 0 radical (unpaired) electrons. The maximum Gasteiger partial charge on any atom is 0.259 e. The molecule has 1 aliphatic carbocycles. The lowest BCUT2D eigenvalue weighted by Crippen LogP contribution is -2.14. The van der Waals surface area contributed by atoms with E-state index in [0.29, 0.717) is 28.6 Å². The van der Waals surface area contributed by atoms with Crippen LogP contribution in [0.4, 0.5) is 11.4 Å². The second-order valence-corrected chi connectivity index (χ2v) is 7.64. The highest BCUT2D eigenvalue weighted by atomic mass is 35.5. The Morgan fingerprint density at radius 3 is 2.17 bits per heavy atom. The first-order valence-electron chi connectivity index (χ1n) is 9.77. The van der Waals surface area contributed by atoms with Crippen LogP contribution in [0.1, 0.15) is 28.8 Å². The first-order chi connectivity index (χ1) is 14.6. The average molecular weight is 421 g/mol. The van der Waals surface area contributed by atoms with Crippen molar-refractivity contribution in [2.75, 3.05) is 10.6 Å². The van der Waals surface area contributed by atoms with Crippen LogP contribution in [-0.4, -0.2) is 11.8 Å². The normalized spacial score (nSPS) is 12.8. The van der Waals surface area contributed by atoms with Gasteiger partial charge in [-0.25, -0.2) is 0 Å². The third kappa shape index (κ3) is 5.19. The molecule has 0 unspecified atom stereocenters. The summed E-state index contributed by atoms with van der Waals surface area (Å²) in [5, 5.41) is 6.42. The van der Waals surface area contributed by atoms with E-state index >= 15 is 0 Å². The van der Waals surface area contributed by atoms with Crippen LogP contribution in [-0.2, 0) is 11.4 Å². The van der Waals surface area contributed by atoms with E-state index < -0.39 is 0 Å². The number of carbonyl (C=O) groups excluding carboxylic acids is 2. The van der Waals surface area contributed by atoms with Crippen LogP contribution < -0.4 is 15.4 Å². The van der Waals surface area contributed by atoms with Crippen molar-refractivity contribution in [3.63, 3.8) is 0 Å². The number of hydrogen-bond donors (Lipinski definition) is 2. The number of halogens is 1. The van der Waals surface area contributed by atoms with Gasteiger partial charge in [-0.3, -0.25) is 9.59 Å². The van der Waals surface area contributed by atoms with Gasteiger partial charge in [0.1, 0.15) is 12.4 Å². The molecule has 2 N–H and O–H groups in total. The molecule has 1 aliphatic rings. The molecule has 0 bridgehead atoms. The van der Waals surface area contributed by atoms with E-state index in [1.807, 2.05) is 18.2 Å². The van der Waals surface area contributed by atoms with Crippen LogP contribution in [0.25, 0.3) is 0 Å². The van der Waals surface area contributed by atoms with E-state index in [1.54, 1.807) is 54.6 Å². The molecule has 6 heteroatoms. The summed E-state index contributed by atoms with van der Waals surface area (Å²) in [6, 6.07) is 21.5. The summed E-state index contributed by atoms with van der Waals surface area (Å²) in [6.07, 6.45) is 1.92. The third-order valence-electron chi connectivity index (χ3n) is 4.80. The molecule has 0 aromatic heterocycles. The van der Waals surface area contributed by atoms with Crippen LogP contribution in [0.3, 0.4) is 0 Å². The number of nitrogens with one attached hydrogen (secondary N) is 2. The van der Waals surface area contributed by atoms with Crippen molar-refractivity contribution in [1.29, 1.82) is 0 Å². The second-order valence-electron chi connectivity index (χ2n) is 7.21. The van der Waals surface area contributed by atoms with Crippen molar-refractivity contribution in [3.05, 3.63) is 88.9 Å². The lowest BCUT2D eigenvalue weighted by atomic mass is 10.1. The zero-order chi connectivity index (χ0) is 20.9. The Balaban J connectivity index is 1.39. The molecule has 0 saturated heterocycles. The Hall–Kier alpha value is -3.31. The highest BCUT2D eigenvalue weighted by molar-refractivity contribution is 6.30. The number of amides is 2. The maximum absolute atomic E-state index is 12.8. The van der Waals surface area contributed by atoms with E-state index in [1.165, 1.54) is 0 Å². The van der Waals surface area contributed by atoms with Gasteiger partial charge < -0.3 is 15.4 Å². The number of anilines is 2. The summed E-state index contributed by atoms with van der Waals surface area (Å²) in [6.45, 7) is 0.330. The highest BCUT2D eigenvalue weighted by Gasteiger charge is 2.29. The fourth-order valence-electron chi connectivity index (χ4n) is 2.95. The van der Waals surface area contributed by atoms with Gasteiger partial charge in [0.2, 0.25) is 5.91 Å². The summed E-state index contributed by atoms with van der Waals surface area (Å²) in [5.74, 6) is 0.432. The lowest BCUT2D eigenvalue weighted by molar-refractivity contribution is -0.117. The van der Waals surface area contributed by atoms with Gasteiger partial charge in [0.25, 0.3) is 5.91 Å². The zero-order valence-electron chi connectivity index (χ0n) is 16.2. The molecule has 0 spiro atoms. The molecule has 30 heavy (non-hydrogen) atoms. The van der Waals surface area contributed by atoms with E-state index in [9.17, 15) is 9.59 Å². The summed E-state index contributed by atoms with van der Waals surface area (Å²) in [7, 11) is 0. The number of carbonyl (C=O) groups is 2. The van der Waals surface area contributed by atoms with E-state index in [2.05, 4.69) is 10.6 Å². The maximum atomic E-state index is 12.8. The van der Waals surface area contributed by atoms with Crippen LogP contribution in [0, 0.1) is 5.92 Å². The average Bonchev–Trinajstić information content (AvgIpc) is 3.60. The Morgan fingerprint density at radius 1 is 0.867 bits per heavy atom. The van der Waals surface area contributed by atoms with Crippen molar-refractivity contribution < 1.29 is 14.3 Å². The van der Waals surface area contributed by atoms with E-state index in [0.717, 1.165) is 24.1 Å². The van der Waals surface area contributed by atoms with E-state index in [-0.39, 0.29) is 17.7 Å². The summed E-state index contributed by atoms with van der Waals surface area (Å²) < 4.78 is 5.86. The first kappa shape index (κ1) is 20.0. The molecule has 4 rings (SSSR count). The Bertz CT molecular complexity index is 1040. The van der Waals surface area contributed by atoms with Gasteiger partial charge in [-0.15, -0.1) is 0 Å². The molecule has 152 valence electrons. The minimum Gasteiger partial charge on any atom is -0.488 e. The number of hydrogen-bond acceptors (Lipinski definition) is 3. The number of benzene rings is 3. The molecular formula is C24H21ClN2O3. The Morgan fingerprint density at radius 2 is 1.50 bits per heavy atom. The van der Waals surface area contributed by atoms with E-state index in [4.69, 9.17) is 16.3 Å². The molecule has 2 amide bonds. The highest BCUT2D eigenvalue weighted by Crippen LogP contribution is 2.30. The molecule has 1 fully saturated rings. The predicted molar refractivity (Wildman–Crippen MR) is 118 cm³/mol. The van der Waals surface area contributed by atoms with Gasteiger partial charge in [0.15, 0.2) is 0 Å². The molecular weight excluding hydrogens is 400 g/mol. The van der Waals surface area contributed by atoms with Gasteiger partial charge in [-0.05, 0) is 66.9 Å². The monoisotopic (exact) mass is 420 g/mol. The van der Waals surface area contributed by atoms with Crippen LogP contribution in [0.2, 0.25) is 5.02 Å². The molecule has 0 heterocycles. The molecule has 1 saturated carbocycles. The summed E-state index contributed by atoms with van der Waals surface area (Å²) >= 11 is 5.91. The fourth-order valence-corrected chi connectivity index (χ4v) is 3.07. The first-order valence-corrected chi connectivity index (χ1v) is 10.1. The van der Waals surface area contributed by atoms with Crippen LogP contribution >= 0.6 is 11.6 Å². The molecule has 0 aliphatic heterocycles. The topological polar surface area (TPSA) is 67.4 Å². The van der Waals surface area contributed by atoms with Gasteiger partial charge in [-0.2, -0.15) is 0 Å². The Labute approximate surface area is 180 Å². The molecule has 3 aromatic rings. The summed E-state index contributed by atoms with van der Waals surface area (Å²) in [4.78, 5) is 24.6. The smallest absolute Gasteiger partial charge is 0.259 e. The minimum atomic E-state index is -0.267. The van der Waals surface area contributed by atoms with Crippen molar-refractivity contribution >= 4 is 34.8 Å². The van der Waals surface area contributed by atoms with Gasteiger partial charge in [0, 0.05) is 22.3 Å². The van der Waals surface area contributed by atoms with Gasteiger partial charge >= 0.3 is 0 Å². The lowest BCUT2D eigenvalue weighted by Gasteiger charge is -2.12. The predicted octanol–water partition coefficient (Wildman–Crippen LogP) is 5.52. The van der Waals surface area contributed by atoms with Gasteiger partial charge in [-0.1, -0.05) is 35.9 Å². The standard InChI is InChI=1S/C24H21ClN2O3/c25-18-9-5-16(6-10-18)15-30-22-4-2-1-3-21(22)24(29)27-20-13-11-19(12-14-20)26-23(28)17-7-8-17/h1-6,9-14,17H,7-8,15H2,(H,26,28)(H,27,29). The van der Waals surface area contributed by atoms with Crippen LogP contribution in [0.5, 0.6) is 5.75 Å². The third-order valence-corrected chi connectivity index (χ3v) is 5.05. The van der Waals surface area contributed by atoms with Crippen molar-refractivity contribution in [2.45, 2.75) is 19.4 Å². The quantitative estimate of drug-likeness (QED) is 0.528. The molecule has 5 nitrogen and oxygen atoms in total. The van der Waals surface area contributed by atoms with Crippen molar-refractivity contribution in [2.24, 2.45) is 5.92 Å². The number of para-hydroxylation sites is 1. The van der Waals surface area contributed by atoms with Crippen molar-refractivity contribution in [1.82, 2.24) is 0 Å². The Kier molecular flexibility index (Phi) is 6.00. The van der Waals surface area contributed by atoms with Crippen LogP contribution in [0.15, 0.2) is 72.8 Å². The SMILES string of the molecule is O=C(Nc1ccc(NC(=O)C2CC2)cc1)c1ccccc1OCc1ccc(Cl)cc1.